The highest BCUT2D eigenvalue weighted by molar-refractivity contribution is 7.91. The summed E-state index contributed by atoms with van der Waals surface area (Å²) in [5, 5.41) is 2.84. The maximum absolute atomic E-state index is 12.5. The zero-order valence-electron chi connectivity index (χ0n) is 13.2. The Kier molecular flexibility index (Phi) is 4.06. The van der Waals surface area contributed by atoms with Gasteiger partial charge in [0.05, 0.1) is 29.9 Å². The highest BCUT2D eigenvalue weighted by Crippen LogP contribution is 2.19. The van der Waals surface area contributed by atoms with Crippen LogP contribution in [0.2, 0.25) is 0 Å². The molecule has 1 saturated heterocycles. The molecule has 2 aromatic rings. The first kappa shape index (κ1) is 15.9. The molecule has 124 valence electrons. The summed E-state index contributed by atoms with van der Waals surface area (Å²) in [5.41, 5.74) is 2.39. The number of aryl methyl sites for hydroxylation is 1. The Morgan fingerprint density at radius 1 is 1.43 bits per heavy atom. The van der Waals surface area contributed by atoms with Gasteiger partial charge in [-0.2, -0.15) is 0 Å². The summed E-state index contributed by atoms with van der Waals surface area (Å²) < 4.78 is 30.4. The molecule has 0 saturated carbocycles. The van der Waals surface area contributed by atoms with Gasteiger partial charge in [0.1, 0.15) is 5.76 Å². The SMILES string of the molecule is Cc1cc(C(=O)N[C@H]2CCS(=O)(=O)C2)c(C)n1Cc1ccco1. The first-order valence-electron chi connectivity index (χ1n) is 7.56. The van der Waals surface area contributed by atoms with Crippen molar-refractivity contribution in [3.63, 3.8) is 0 Å². The third kappa shape index (κ3) is 3.34. The van der Waals surface area contributed by atoms with Gasteiger partial charge in [0.25, 0.3) is 5.91 Å². The highest BCUT2D eigenvalue weighted by Gasteiger charge is 2.29. The van der Waals surface area contributed by atoms with Crippen molar-refractivity contribution in [3.05, 3.63) is 47.2 Å². The van der Waals surface area contributed by atoms with Gasteiger partial charge in [-0.25, -0.2) is 8.42 Å². The average molecular weight is 336 g/mol. The van der Waals surface area contributed by atoms with E-state index in [1.54, 1.807) is 6.26 Å². The van der Waals surface area contributed by atoms with Crippen molar-refractivity contribution in [3.8, 4) is 0 Å². The maximum atomic E-state index is 12.5. The van der Waals surface area contributed by atoms with Crippen molar-refractivity contribution in [2.24, 2.45) is 0 Å². The fraction of sp³-hybridized carbons (Fsp3) is 0.438. The number of nitrogens with one attached hydrogen (secondary N) is 1. The summed E-state index contributed by atoms with van der Waals surface area (Å²) in [4.78, 5) is 12.5. The number of rotatable bonds is 4. The normalized spacial score (nSPS) is 19.8. The van der Waals surface area contributed by atoms with Crippen LogP contribution >= 0.6 is 0 Å². The lowest BCUT2D eigenvalue weighted by molar-refractivity contribution is 0.0940. The largest absolute Gasteiger partial charge is 0.467 e. The first-order chi connectivity index (χ1) is 10.9. The summed E-state index contributed by atoms with van der Waals surface area (Å²) >= 11 is 0. The molecule has 1 atom stereocenters. The lowest BCUT2D eigenvalue weighted by atomic mass is 10.2. The number of aromatic nitrogens is 1. The molecule has 1 aliphatic rings. The standard InChI is InChI=1S/C16H20N2O4S/c1-11-8-15(12(2)18(11)9-14-4-3-6-22-14)16(19)17-13-5-7-23(20,21)10-13/h3-4,6,8,13H,5,7,9-10H2,1-2H3,(H,17,19)/t13-/m0/s1. The fourth-order valence-electron chi connectivity index (χ4n) is 3.00. The third-order valence-corrected chi connectivity index (χ3v) is 6.05. The van der Waals surface area contributed by atoms with Crippen LogP contribution in [0.3, 0.4) is 0 Å². The number of amides is 1. The molecule has 1 aliphatic heterocycles. The van der Waals surface area contributed by atoms with Crippen LogP contribution < -0.4 is 5.32 Å². The number of furan rings is 1. The highest BCUT2D eigenvalue weighted by atomic mass is 32.2. The van der Waals surface area contributed by atoms with Gasteiger partial charge < -0.3 is 14.3 Å². The second-order valence-electron chi connectivity index (χ2n) is 6.02. The Hall–Kier alpha value is -2.02. The maximum Gasteiger partial charge on any atom is 0.253 e. The fourth-order valence-corrected chi connectivity index (χ4v) is 4.68. The molecule has 1 amide bonds. The molecule has 7 heteroatoms. The van der Waals surface area contributed by atoms with E-state index in [9.17, 15) is 13.2 Å². The van der Waals surface area contributed by atoms with E-state index in [4.69, 9.17) is 4.42 Å². The van der Waals surface area contributed by atoms with Gasteiger partial charge in [-0.3, -0.25) is 4.79 Å². The number of carbonyl (C=O) groups excluding carboxylic acids is 1. The van der Waals surface area contributed by atoms with Crippen LogP contribution in [0.5, 0.6) is 0 Å². The van der Waals surface area contributed by atoms with Crippen LogP contribution in [-0.4, -0.2) is 36.4 Å². The summed E-state index contributed by atoms with van der Waals surface area (Å²) in [6.45, 7) is 4.39. The smallest absolute Gasteiger partial charge is 0.253 e. The summed E-state index contributed by atoms with van der Waals surface area (Å²) in [6, 6.07) is 5.26. The molecule has 2 aromatic heterocycles. The van der Waals surface area contributed by atoms with Gasteiger partial charge in [-0.05, 0) is 38.5 Å². The second-order valence-corrected chi connectivity index (χ2v) is 8.25. The van der Waals surface area contributed by atoms with E-state index >= 15 is 0 Å². The van der Waals surface area contributed by atoms with Crippen molar-refractivity contribution in [1.82, 2.24) is 9.88 Å². The summed E-state index contributed by atoms with van der Waals surface area (Å²) in [6.07, 6.45) is 2.11. The molecule has 3 rings (SSSR count). The summed E-state index contributed by atoms with van der Waals surface area (Å²) in [7, 11) is -3.00. The van der Waals surface area contributed by atoms with Gasteiger partial charge in [0, 0.05) is 17.4 Å². The minimum absolute atomic E-state index is 0.0316. The predicted molar refractivity (Wildman–Crippen MR) is 86.2 cm³/mol. The Labute approximate surface area is 135 Å². The molecule has 0 aromatic carbocycles. The Balaban J connectivity index is 1.76. The first-order valence-corrected chi connectivity index (χ1v) is 9.38. The van der Waals surface area contributed by atoms with Gasteiger partial charge in [0.15, 0.2) is 9.84 Å². The molecule has 0 radical (unpaired) electrons. The zero-order valence-corrected chi connectivity index (χ0v) is 14.0. The van der Waals surface area contributed by atoms with Gasteiger partial charge in [-0.1, -0.05) is 0 Å². The second kappa shape index (κ2) is 5.88. The lowest BCUT2D eigenvalue weighted by Gasteiger charge is -2.11. The number of hydrogen-bond acceptors (Lipinski definition) is 4. The lowest BCUT2D eigenvalue weighted by Crippen LogP contribution is -2.35. The number of sulfone groups is 1. The minimum Gasteiger partial charge on any atom is -0.467 e. The quantitative estimate of drug-likeness (QED) is 0.921. The molecule has 0 aliphatic carbocycles. The van der Waals surface area contributed by atoms with E-state index in [0.29, 0.717) is 18.5 Å². The Morgan fingerprint density at radius 2 is 2.22 bits per heavy atom. The van der Waals surface area contributed by atoms with Gasteiger partial charge in [0.2, 0.25) is 0 Å². The molecule has 0 unspecified atom stereocenters. The number of carbonyl (C=O) groups is 1. The average Bonchev–Trinajstić information content (AvgIpc) is 3.16. The molecule has 0 bridgehead atoms. The molecular formula is C16H20N2O4S. The predicted octanol–water partition coefficient (Wildman–Crippen LogP) is 1.66. The zero-order chi connectivity index (χ0) is 16.6. The van der Waals surface area contributed by atoms with Crippen molar-refractivity contribution >= 4 is 15.7 Å². The minimum atomic E-state index is -3.00. The molecule has 0 spiro atoms. The van der Waals surface area contributed by atoms with Gasteiger partial charge >= 0.3 is 0 Å². The van der Waals surface area contributed by atoms with Crippen LogP contribution in [0, 0.1) is 13.8 Å². The van der Waals surface area contributed by atoms with Crippen LogP contribution in [-0.2, 0) is 16.4 Å². The van der Waals surface area contributed by atoms with E-state index in [1.165, 1.54) is 0 Å². The molecular weight excluding hydrogens is 316 g/mol. The molecule has 23 heavy (non-hydrogen) atoms. The van der Waals surface area contributed by atoms with E-state index in [-0.39, 0.29) is 23.5 Å². The topological polar surface area (TPSA) is 81.3 Å². The van der Waals surface area contributed by atoms with Crippen molar-refractivity contribution in [2.75, 3.05) is 11.5 Å². The van der Waals surface area contributed by atoms with Crippen molar-refractivity contribution in [1.29, 1.82) is 0 Å². The van der Waals surface area contributed by atoms with E-state index in [0.717, 1.165) is 17.1 Å². The number of nitrogens with zero attached hydrogens (tertiary/aromatic N) is 1. The molecule has 3 heterocycles. The van der Waals surface area contributed by atoms with Crippen molar-refractivity contribution < 1.29 is 17.6 Å². The summed E-state index contributed by atoms with van der Waals surface area (Å²) in [5.74, 6) is 0.783. The Morgan fingerprint density at radius 3 is 2.83 bits per heavy atom. The van der Waals surface area contributed by atoms with Crippen LogP contribution in [0.4, 0.5) is 0 Å². The number of hydrogen-bond donors (Lipinski definition) is 1. The van der Waals surface area contributed by atoms with Crippen LogP contribution in [0.1, 0.15) is 33.9 Å². The van der Waals surface area contributed by atoms with Crippen LogP contribution in [0.15, 0.2) is 28.9 Å². The van der Waals surface area contributed by atoms with E-state index in [1.807, 2.05) is 36.6 Å². The molecule has 1 fully saturated rings. The monoisotopic (exact) mass is 336 g/mol. The van der Waals surface area contributed by atoms with Crippen molar-refractivity contribution in [2.45, 2.75) is 32.9 Å². The molecule has 6 nitrogen and oxygen atoms in total. The van der Waals surface area contributed by atoms with Gasteiger partial charge in [-0.15, -0.1) is 0 Å². The van der Waals surface area contributed by atoms with Crippen LogP contribution in [0.25, 0.3) is 0 Å². The van der Waals surface area contributed by atoms with E-state index in [2.05, 4.69) is 5.32 Å². The Bertz CT molecular complexity index is 819. The molecule has 1 N–H and O–H groups in total. The third-order valence-electron chi connectivity index (χ3n) is 4.28. The van der Waals surface area contributed by atoms with E-state index < -0.39 is 9.84 Å².